The van der Waals surface area contributed by atoms with Gasteiger partial charge in [-0.15, -0.1) is 0 Å². The minimum atomic E-state index is -4.51. The van der Waals surface area contributed by atoms with Gasteiger partial charge in [-0.3, -0.25) is 4.79 Å². The molecule has 1 heterocycles. The Bertz CT molecular complexity index is 962. The lowest BCUT2D eigenvalue weighted by Crippen LogP contribution is -2.51. The number of benzene rings is 1. The molecule has 190 valence electrons. The van der Waals surface area contributed by atoms with Gasteiger partial charge in [0.15, 0.2) is 0 Å². The molecular weight excluding hydrogens is 467 g/mol. The number of hydrogen-bond acceptors (Lipinski definition) is 4. The molecule has 0 aromatic heterocycles. The Balaban J connectivity index is 1.39. The molecule has 6 nitrogen and oxygen atoms in total. The van der Waals surface area contributed by atoms with Gasteiger partial charge in [0.05, 0.1) is 16.5 Å². The van der Waals surface area contributed by atoms with E-state index < -0.39 is 21.8 Å². The summed E-state index contributed by atoms with van der Waals surface area (Å²) in [7, 11) is -3.89. The highest BCUT2D eigenvalue weighted by molar-refractivity contribution is 7.89. The fourth-order valence-electron chi connectivity index (χ4n) is 5.80. The zero-order chi connectivity index (χ0) is 24.5. The molecule has 1 saturated heterocycles. The van der Waals surface area contributed by atoms with Crippen LogP contribution in [-0.4, -0.2) is 49.8 Å². The van der Waals surface area contributed by atoms with Gasteiger partial charge >= 0.3 is 6.18 Å². The summed E-state index contributed by atoms with van der Waals surface area (Å²) in [6.45, 7) is 2.66. The maximum Gasteiger partial charge on any atom is 0.416 e. The highest BCUT2D eigenvalue weighted by atomic mass is 32.2. The Hall–Kier alpha value is -1.65. The molecule has 2 N–H and O–H groups in total. The van der Waals surface area contributed by atoms with E-state index in [1.807, 2.05) is 0 Å². The van der Waals surface area contributed by atoms with Crippen LogP contribution in [0.3, 0.4) is 0 Å². The average molecular weight is 502 g/mol. The lowest BCUT2D eigenvalue weighted by Gasteiger charge is -2.26. The Labute approximate surface area is 199 Å². The van der Waals surface area contributed by atoms with Crippen LogP contribution in [0, 0.1) is 11.8 Å². The van der Waals surface area contributed by atoms with Crippen molar-refractivity contribution in [3.8, 4) is 0 Å². The maximum atomic E-state index is 13.1. The highest BCUT2D eigenvalue weighted by Gasteiger charge is 2.47. The maximum absolute atomic E-state index is 13.1. The zero-order valence-electron chi connectivity index (χ0n) is 19.5. The number of nitrogens with one attached hydrogen (secondary N) is 2. The van der Waals surface area contributed by atoms with Crippen molar-refractivity contribution in [3.05, 3.63) is 29.8 Å². The van der Waals surface area contributed by atoms with Crippen LogP contribution in [0.15, 0.2) is 29.2 Å². The lowest BCUT2D eigenvalue weighted by atomic mass is 9.97. The van der Waals surface area contributed by atoms with Crippen molar-refractivity contribution in [2.45, 2.75) is 87.5 Å². The number of nitrogens with zero attached hydrogens (tertiary/aromatic N) is 1. The van der Waals surface area contributed by atoms with Gasteiger partial charge in [0.2, 0.25) is 15.9 Å². The first-order valence-corrected chi connectivity index (χ1v) is 13.8. The molecule has 4 rings (SSSR count). The fraction of sp³-hybridized carbons (Fsp3) is 0.708. The van der Waals surface area contributed by atoms with E-state index in [2.05, 4.69) is 17.6 Å². The molecule has 3 aliphatic rings. The Morgan fingerprint density at radius 1 is 1.09 bits per heavy atom. The molecule has 1 aromatic carbocycles. The average Bonchev–Trinajstić information content (AvgIpc) is 3.52. The topological polar surface area (TPSA) is 78.5 Å². The van der Waals surface area contributed by atoms with Gasteiger partial charge in [0, 0.05) is 25.2 Å². The minimum absolute atomic E-state index is 0.0107. The van der Waals surface area contributed by atoms with E-state index >= 15 is 0 Å². The van der Waals surface area contributed by atoms with Gasteiger partial charge in [-0.1, -0.05) is 26.2 Å². The highest BCUT2D eigenvalue weighted by Crippen LogP contribution is 2.40. The van der Waals surface area contributed by atoms with E-state index in [1.54, 1.807) is 0 Å². The number of carbonyl (C=O) groups excluding carboxylic acids is 1. The van der Waals surface area contributed by atoms with Crippen LogP contribution in [0.1, 0.15) is 63.9 Å². The SMILES string of the molecule is CCC[C@H](NC1CCCC1)C(=O)N[C@H]1CC[C@@H]2CN(S(=O)(=O)c3ccc(C(F)(F)F)cc3)C[C@@H]21. The zero-order valence-corrected chi connectivity index (χ0v) is 20.3. The van der Waals surface area contributed by atoms with E-state index in [-0.39, 0.29) is 41.3 Å². The molecular formula is C24H34F3N3O3S. The van der Waals surface area contributed by atoms with Crippen LogP contribution in [0.4, 0.5) is 13.2 Å². The monoisotopic (exact) mass is 501 g/mol. The van der Waals surface area contributed by atoms with Crippen molar-refractivity contribution in [2.24, 2.45) is 11.8 Å². The van der Waals surface area contributed by atoms with Crippen molar-refractivity contribution in [2.75, 3.05) is 13.1 Å². The number of alkyl halides is 3. The van der Waals surface area contributed by atoms with Gasteiger partial charge in [0.25, 0.3) is 0 Å². The number of amides is 1. The van der Waals surface area contributed by atoms with E-state index in [0.717, 1.165) is 62.8 Å². The summed E-state index contributed by atoms with van der Waals surface area (Å²) < 4.78 is 66.1. The molecule has 34 heavy (non-hydrogen) atoms. The van der Waals surface area contributed by atoms with Crippen molar-refractivity contribution < 1.29 is 26.4 Å². The molecule has 2 aliphatic carbocycles. The van der Waals surface area contributed by atoms with E-state index in [9.17, 15) is 26.4 Å². The van der Waals surface area contributed by atoms with Crippen LogP contribution >= 0.6 is 0 Å². The molecule has 2 saturated carbocycles. The van der Waals surface area contributed by atoms with Crippen molar-refractivity contribution in [1.82, 2.24) is 14.9 Å². The van der Waals surface area contributed by atoms with Gasteiger partial charge in [-0.25, -0.2) is 8.42 Å². The molecule has 0 radical (unpaired) electrons. The number of fused-ring (bicyclic) bond motifs is 1. The molecule has 1 amide bonds. The van der Waals surface area contributed by atoms with Crippen LogP contribution in [-0.2, 0) is 21.0 Å². The second kappa shape index (κ2) is 10.1. The second-order valence-corrected chi connectivity index (χ2v) is 11.9. The third-order valence-corrected chi connectivity index (χ3v) is 9.50. The Morgan fingerprint density at radius 3 is 2.38 bits per heavy atom. The standard InChI is InChI=1S/C24H34F3N3O3S/c1-2-5-22(28-18-6-3-4-7-18)23(31)29-21-13-8-16-14-30(15-20(16)21)34(32,33)19-11-9-17(10-12-19)24(25,26)27/h9-12,16,18,20-22,28H,2-8,13-15H2,1H3,(H,29,31)/t16-,20+,21+,22+/m1/s1. The normalized spacial score (nSPS) is 27.1. The predicted molar refractivity (Wildman–Crippen MR) is 122 cm³/mol. The number of sulfonamides is 1. The summed E-state index contributed by atoms with van der Waals surface area (Å²) in [6.07, 6.45) is 3.35. The lowest BCUT2D eigenvalue weighted by molar-refractivity contribution is -0.137. The molecule has 0 bridgehead atoms. The first-order valence-electron chi connectivity index (χ1n) is 12.3. The second-order valence-electron chi connectivity index (χ2n) is 9.95. The van der Waals surface area contributed by atoms with E-state index in [4.69, 9.17) is 0 Å². The number of halogens is 3. The van der Waals surface area contributed by atoms with E-state index in [0.29, 0.717) is 12.6 Å². The molecule has 10 heteroatoms. The van der Waals surface area contributed by atoms with Gasteiger partial charge in [-0.05, 0) is 68.2 Å². The summed E-state index contributed by atoms with van der Waals surface area (Å²) >= 11 is 0. The van der Waals surface area contributed by atoms with Gasteiger partial charge in [-0.2, -0.15) is 17.5 Å². The van der Waals surface area contributed by atoms with Gasteiger partial charge in [0.1, 0.15) is 0 Å². The molecule has 4 atom stereocenters. The van der Waals surface area contributed by atoms with Crippen LogP contribution in [0.25, 0.3) is 0 Å². The van der Waals surface area contributed by atoms with Crippen molar-refractivity contribution in [1.29, 1.82) is 0 Å². The van der Waals surface area contributed by atoms with Crippen molar-refractivity contribution in [3.63, 3.8) is 0 Å². The number of hydrogen-bond donors (Lipinski definition) is 2. The fourth-order valence-corrected chi connectivity index (χ4v) is 7.34. The predicted octanol–water partition coefficient (Wildman–Crippen LogP) is 3.92. The largest absolute Gasteiger partial charge is 0.416 e. The third kappa shape index (κ3) is 5.44. The Kier molecular flexibility index (Phi) is 7.59. The van der Waals surface area contributed by atoms with Crippen LogP contribution in [0.5, 0.6) is 0 Å². The minimum Gasteiger partial charge on any atom is -0.352 e. The quantitative estimate of drug-likeness (QED) is 0.566. The van der Waals surface area contributed by atoms with Crippen LogP contribution < -0.4 is 10.6 Å². The summed E-state index contributed by atoms with van der Waals surface area (Å²) in [6, 6.07) is 3.71. The molecule has 0 unspecified atom stereocenters. The molecule has 0 spiro atoms. The van der Waals surface area contributed by atoms with E-state index in [1.165, 1.54) is 17.1 Å². The molecule has 1 aromatic rings. The molecule has 1 aliphatic heterocycles. The Morgan fingerprint density at radius 2 is 1.76 bits per heavy atom. The third-order valence-electron chi connectivity index (χ3n) is 7.66. The summed E-state index contributed by atoms with van der Waals surface area (Å²) in [4.78, 5) is 12.9. The summed E-state index contributed by atoms with van der Waals surface area (Å²) in [5, 5.41) is 6.72. The summed E-state index contributed by atoms with van der Waals surface area (Å²) in [5.41, 5.74) is -0.875. The number of carbonyl (C=O) groups is 1. The van der Waals surface area contributed by atoms with Gasteiger partial charge < -0.3 is 10.6 Å². The first-order chi connectivity index (χ1) is 16.1. The molecule has 3 fully saturated rings. The smallest absolute Gasteiger partial charge is 0.352 e. The number of rotatable bonds is 8. The first kappa shape index (κ1) is 25.4. The van der Waals surface area contributed by atoms with Crippen molar-refractivity contribution >= 4 is 15.9 Å². The van der Waals surface area contributed by atoms with Crippen LogP contribution in [0.2, 0.25) is 0 Å². The summed E-state index contributed by atoms with van der Waals surface area (Å²) in [5.74, 6) is 0.146.